The summed E-state index contributed by atoms with van der Waals surface area (Å²) in [4.78, 5) is 0. The summed E-state index contributed by atoms with van der Waals surface area (Å²) in [6, 6.07) is 6.07. The van der Waals surface area contributed by atoms with Crippen LogP contribution < -0.4 is 5.32 Å². The molecule has 2 rings (SSSR count). The highest BCUT2D eigenvalue weighted by Crippen LogP contribution is 2.26. The summed E-state index contributed by atoms with van der Waals surface area (Å²) in [6.45, 7) is 2.84. The molecule has 3 nitrogen and oxygen atoms in total. The summed E-state index contributed by atoms with van der Waals surface area (Å²) in [5.74, 6) is 0. The Morgan fingerprint density at radius 3 is 2.76 bits per heavy atom. The number of aromatic nitrogens is 2. The van der Waals surface area contributed by atoms with Crippen LogP contribution in [0.3, 0.4) is 0 Å². The van der Waals surface area contributed by atoms with Gasteiger partial charge in [0.05, 0.1) is 6.20 Å². The van der Waals surface area contributed by atoms with E-state index in [1.807, 2.05) is 30.1 Å². The molecule has 0 saturated heterocycles. The fraction of sp³-hybridized carbons (Fsp3) is 0.250. The van der Waals surface area contributed by atoms with Crippen molar-refractivity contribution in [1.29, 1.82) is 0 Å². The van der Waals surface area contributed by atoms with E-state index < -0.39 is 0 Å². The Labute approximate surface area is 117 Å². The first-order valence-electron chi connectivity index (χ1n) is 5.24. The van der Waals surface area contributed by atoms with Gasteiger partial charge in [0.2, 0.25) is 0 Å². The lowest BCUT2D eigenvalue weighted by atomic mass is 10.2. The summed E-state index contributed by atoms with van der Waals surface area (Å²) >= 11 is 6.99. The van der Waals surface area contributed by atoms with Crippen molar-refractivity contribution in [2.75, 3.05) is 5.32 Å². The molecule has 90 valence electrons. The van der Waals surface area contributed by atoms with Crippen molar-refractivity contribution in [2.45, 2.75) is 13.5 Å². The van der Waals surface area contributed by atoms with Gasteiger partial charge in [0.15, 0.2) is 0 Å². The number of hydrogen-bond donors (Lipinski definition) is 1. The highest BCUT2D eigenvalue weighted by molar-refractivity contribution is 9.11. The molecule has 17 heavy (non-hydrogen) atoms. The fourth-order valence-corrected chi connectivity index (χ4v) is 2.29. The van der Waals surface area contributed by atoms with Crippen molar-refractivity contribution in [3.63, 3.8) is 0 Å². The first-order chi connectivity index (χ1) is 8.08. The third-order valence-electron chi connectivity index (χ3n) is 2.73. The second kappa shape index (κ2) is 5.23. The number of halogens is 2. The Kier molecular flexibility index (Phi) is 3.89. The maximum Gasteiger partial charge on any atom is 0.0542 e. The van der Waals surface area contributed by atoms with Gasteiger partial charge in [-0.05, 0) is 41.1 Å². The molecular weight excluding hydrogens is 346 g/mol. The lowest BCUT2D eigenvalue weighted by molar-refractivity contribution is 0.738. The zero-order valence-corrected chi connectivity index (χ0v) is 12.8. The predicted molar refractivity (Wildman–Crippen MR) is 77.1 cm³/mol. The van der Waals surface area contributed by atoms with E-state index in [-0.39, 0.29) is 0 Å². The second-order valence-electron chi connectivity index (χ2n) is 3.86. The van der Waals surface area contributed by atoms with Crippen molar-refractivity contribution >= 4 is 37.5 Å². The van der Waals surface area contributed by atoms with Gasteiger partial charge in [-0.2, -0.15) is 5.10 Å². The van der Waals surface area contributed by atoms with E-state index in [0.29, 0.717) is 0 Å². The Morgan fingerprint density at radius 1 is 1.35 bits per heavy atom. The highest BCUT2D eigenvalue weighted by Gasteiger charge is 2.05. The number of hydrogen-bond acceptors (Lipinski definition) is 2. The van der Waals surface area contributed by atoms with E-state index in [0.717, 1.165) is 21.2 Å². The molecule has 1 heterocycles. The molecule has 0 aliphatic heterocycles. The molecule has 2 aromatic rings. The largest absolute Gasteiger partial charge is 0.380 e. The smallest absolute Gasteiger partial charge is 0.0542 e. The van der Waals surface area contributed by atoms with Crippen LogP contribution in [0.25, 0.3) is 0 Å². The summed E-state index contributed by atoms with van der Waals surface area (Å²) in [7, 11) is 1.95. The second-order valence-corrected chi connectivity index (χ2v) is 5.63. The van der Waals surface area contributed by atoms with E-state index >= 15 is 0 Å². The van der Waals surface area contributed by atoms with Gasteiger partial charge in [-0.3, -0.25) is 4.68 Å². The van der Waals surface area contributed by atoms with Gasteiger partial charge in [0.25, 0.3) is 0 Å². The van der Waals surface area contributed by atoms with Crippen LogP contribution >= 0.6 is 31.9 Å². The Hall–Kier alpha value is -0.810. The maximum absolute atomic E-state index is 4.22. The Balaban J connectivity index is 2.12. The van der Waals surface area contributed by atoms with E-state index in [1.165, 1.54) is 11.3 Å². The lowest BCUT2D eigenvalue weighted by Crippen LogP contribution is -2.02. The molecule has 0 spiro atoms. The van der Waals surface area contributed by atoms with Crippen LogP contribution in [0.2, 0.25) is 0 Å². The monoisotopic (exact) mass is 357 g/mol. The zero-order valence-electron chi connectivity index (χ0n) is 9.67. The maximum atomic E-state index is 4.22. The molecule has 1 aromatic heterocycles. The minimum atomic E-state index is 0.773. The summed E-state index contributed by atoms with van der Waals surface area (Å²) in [5, 5.41) is 7.62. The molecule has 5 heteroatoms. The average molecular weight is 359 g/mol. The molecule has 0 radical (unpaired) electrons. The molecule has 0 atom stereocenters. The molecule has 0 amide bonds. The van der Waals surface area contributed by atoms with Crippen molar-refractivity contribution in [3.05, 3.63) is 44.6 Å². The van der Waals surface area contributed by atoms with Gasteiger partial charge < -0.3 is 5.32 Å². The van der Waals surface area contributed by atoms with Crippen LogP contribution in [0.4, 0.5) is 5.69 Å². The van der Waals surface area contributed by atoms with Crippen molar-refractivity contribution in [2.24, 2.45) is 7.05 Å². The molecule has 0 aliphatic rings. The molecule has 0 fully saturated rings. The van der Waals surface area contributed by atoms with Crippen LogP contribution in [0.5, 0.6) is 0 Å². The van der Waals surface area contributed by atoms with Gasteiger partial charge in [0.1, 0.15) is 0 Å². The molecule has 0 bridgehead atoms. The van der Waals surface area contributed by atoms with Crippen LogP contribution in [0, 0.1) is 6.92 Å². The Morgan fingerprint density at radius 2 is 2.12 bits per heavy atom. The standard InChI is InChI=1S/C12H13Br2N3/c1-8-9(7-16-17(8)2)6-15-12-5-10(13)3-4-11(12)14/h3-5,7,15H,6H2,1-2H3. The summed E-state index contributed by atoms with van der Waals surface area (Å²) < 4.78 is 4.00. The SMILES string of the molecule is Cc1c(CNc2cc(Br)ccc2Br)cnn1C. The number of rotatable bonds is 3. The van der Waals surface area contributed by atoms with Gasteiger partial charge >= 0.3 is 0 Å². The van der Waals surface area contributed by atoms with Gasteiger partial charge in [0, 0.05) is 39.5 Å². The average Bonchev–Trinajstić information content (AvgIpc) is 2.62. The first-order valence-corrected chi connectivity index (χ1v) is 6.83. The number of nitrogens with one attached hydrogen (secondary N) is 1. The lowest BCUT2D eigenvalue weighted by Gasteiger charge is -2.08. The first kappa shape index (κ1) is 12.6. The van der Waals surface area contributed by atoms with E-state index in [4.69, 9.17) is 0 Å². The van der Waals surface area contributed by atoms with Gasteiger partial charge in [-0.15, -0.1) is 0 Å². The molecule has 0 unspecified atom stereocenters. The third-order valence-corrected chi connectivity index (χ3v) is 3.92. The number of anilines is 1. The minimum absolute atomic E-state index is 0.773. The molecular formula is C12H13Br2N3. The van der Waals surface area contributed by atoms with E-state index in [1.54, 1.807) is 0 Å². The molecule has 0 saturated carbocycles. The fourth-order valence-electron chi connectivity index (χ4n) is 1.54. The van der Waals surface area contributed by atoms with Crippen molar-refractivity contribution in [1.82, 2.24) is 9.78 Å². The van der Waals surface area contributed by atoms with Crippen molar-refractivity contribution in [3.8, 4) is 0 Å². The van der Waals surface area contributed by atoms with Crippen LogP contribution in [-0.4, -0.2) is 9.78 Å². The topological polar surface area (TPSA) is 29.9 Å². The minimum Gasteiger partial charge on any atom is -0.380 e. The van der Waals surface area contributed by atoms with Crippen LogP contribution in [0.1, 0.15) is 11.3 Å². The number of aryl methyl sites for hydroxylation is 1. The quantitative estimate of drug-likeness (QED) is 0.902. The zero-order chi connectivity index (χ0) is 12.4. The number of nitrogens with zero attached hydrogens (tertiary/aromatic N) is 2. The van der Waals surface area contributed by atoms with Gasteiger partial charge in [-0.1, -0.05) is 15.9 Å². The molecule has 1 N–H and O–H groups in total. The summed E-state index contributed by atoms with van der Waals surface area (Å²) in [5.41, 5.74) is 3.46. The van der Waals surface area contributed by atoms with Gasteiger partial charge in [-0.25, -0.2) is 0 Å². The Bertz CT molecular complexity index is 535. The van der Waals surface area contributed by atoms with Crippen LogP contribution in [-0.2, 0) is 13.6 Å². The summed E-state index contributed by atoms with van der Waals surface area (Å²) in [6.07, 6.45) is 1.90. The predicted octanol–water partition coefficient (Wildman–Crippen LogP) is 3.87. The number of benzene rings is 1. The molecule has 1 aromatic carbocycles. The highest BCUT2D eigenvalue weighted by atomic mass is 79.9. The molecule has 0 aliphatic carbocycles. The third kappa shape index (κ3) is 2.90. The normalized spacial score (nSPS) is 10.6. The van der Waals surface area contributed by atoms with Crippen LogP contribution in [0.15, 0.2) is 33.3 Å². The van der Waals surface area contributed by atoms with Crippen molar-refractivity contribution < 1.29 is 0 Å². The van der Waals surface area contributed by atoms with E-state index in [9.17, 15) is 0 Å². The van der Waals surface area contributed by atoms with E-state index in [2.05, 4.69) is 55.3 Å².